The van der Waals surface area contributed by atoms with Crippen molar-refractivity contribution in [2.75, 3.05) is 4.90 Å². The Balaban J connectivity index is 1.27. The monoisotopic (exact) mass is 776 g/mol. The summed E-state index contributed by atoms with van der Waals surface area (Å²) in [6.07, 6.45) is 2.25. The first-order valence-corrected chi connectivity index (χ1v) is 22.0. The van der Waals surface area contributed by atoms with Crippen molar-refractivity contribution in [2.45, 2.75) is 6.17 Å². The average Bonchev–Trinajstić information content (AvgIpc) is 3.66. The number of pyridine rings is 2. The second kappa shape index (κ2) is 14.2. The molecule has 0 spiro atoms. The molecule has 1 aliphatic rings. The van der Waals surface area contributed by atoms with Crippen LogP contribution in [0.3, 0.4) is 0 Å². The third-order valence-electron chi connectivity index (χ3n) is 11.8. The van der Waals surface area contributed by atoms with Gasteiger partial charge in [-0.3, -0.25) is 9.55 Å². The van der Waals surface area contributed by atoms with Crippen LogP contribution in [0.2, 0.25) is 0 Å². The number of fused-ring (bicyclic) bond motifs is 6. The molecule has 1 atom stereocenters. The van der Waals surface area contributed by atoms with Crippen LogP contribution in [0.15, 0.2) is 219 Å². The van der Waals surface area contributed by atoms with E-state index in [4.69, 9.17) is 4.98 Å². The number of benzene rings is 7. The topological polar surface area (TPSA) is 34.0 Å². The number of hydrogen-bond donors (Lipinski definition) is 0. The summed E-state index contributed by atoms with van der Waals surface area (Å²) in [4.78, 5) is 12.0. The summed E-state index contributed by atoms with van der Waals surface area (Å²) < 4.78 is 19.4. The summed E-state index contributed by atoms with van der Waals surface area (Å²) in [6.45, 7) is 0. The SMILES string of the molecule is FC(c1cccc(-c2ccccn2)c1)c1ccc2c3ccc4c(c3n(-c3ccccn3)c2c1)[Si](c1ccccc1)(c1ccccc1)c1ccccc1N4c1ccccc1. The lowest BCUT2D eigenvalue weighted by atomic mass is 9.98. The maximum atomic E-state index is 17.1. The molecule has 3 aromatic heterocycles. The van der Waals surface area contributed by atoms with E-state index in [1.54, 1.807) is 6.20 Å². The molecule has 0 bridgehead atoms. The van der Waals surface area contributed by atoms with E-state index >= 15 is 4.39 Å². The van der Waals surface area contributed by atoms with E-state index in [0.717, 1.165) is 50.3 Å². The first-order chi connectivity index (χ1) is 29.2. The first-order valence-electron chi connectivity index (χ1n) is 20.0. The van der Waals surface area contributed by atoms with Crippen molar-refractivity contribution < 1.29 is 4.39 Å². The van der Waals surface area contributed by atoms with Crippen molar-refractivity contribution in [3.8, 4) is 17.1 Å². The minimum absolute atomic E-state index is 0.579. The number of anilines is 3. The molecule has 0 saturated carbocycles. The van der Waals surface area contributed by atoms with Crippen LogP contribution < -0.4 is 25.6 Å². The quantitative estimate of drug-likeness (QED) is 0.151. The molecule has 4 nitrogen and oxygen atoms in total. The van der Waals surface area contributed by atoms with Crippen LogP contribution in [0.5, 0.6) is 0 Å². The van der Waals surface area contributed by atoms with Gasteiger partial charge >= 0.3 is 0 Å². The molecule has 0 aliphatic carbocycles. The Morgan fingerprint density at radius 2 is 1.14 bits per heavy atom. The zero-order valence-electron chi connectivity index (χ0n) is 32.0. The van der Waals surface area contributed by atoms with E-state index < -0.39 is 14.2 Å². The van der Waals surface area contributed by atoms with Crippen LogP contribution >= 0.6 is 0 Å². The molecule has 10 aromatic rings. The lowest BCUT2D eigenvalue weighted by molar-refractivity contribution is 0.402. The van der Waals surface area contributed by atoms with E-state index in [-0.39, 0.29) is 0 Å². The minimum atomic E-state index is -3.14. The number of para-hydroxylation sites is 2. The van der Waals surface area contributed by atoms with Gasteiger partial charge in [-0.1, -0.05) is 146 Å². The maximum Gasteiger partial charge on any atom is 0.186 e. The predicted molar refractivity (Wildman–Crippen MR) is 243 cm³/mol. The minimum Gasteiger partial charge on any atom is -0.311 e. The molecule has 59 heavy (non-hydrogen) atoms. The molecule has 0 amide bonds. The number of nitrogens with zero attached hydrogens (tertiary/aromatic N) is 4. The van der Waals surface area contributed by atoms with Gasteiger partial charge < -0.3 is 4.90 Å². The summed E-state index contributed by atoms with van der Waals surface area (Å²) in [7, 11) is -3.14. The lowest BCUT2D eigenvalue weighted by Gasteiger charge is -2.45. The van der Waals surface area contributed by atoms with E-state index in [1.807, 2.05) is 72.9 Å². The number of halogens is 1. The summed E-state index contributed by atoms with van der Waals surface area (Å²) in [5.74, 6) is 0.778. The highest BCUT2D eigenvalue weighted by Crippen LogP contribution is 2.43. The number of hydrogen-bond acceptors (Lipinski definition) is 3. The second-order valence-electron chi connectivity index (χ2n) is 15.0. The summed E-state index contributed by atoms with van der Waals surface area (Å²) in [5.41, 5.74) is 8.21. The molecule has 0 saturated heterocycles. The van der Waals surface area contributed by atoms with E-state index in [1.165, 1.54) is 26.4 Å². The molecule has 0 N–H and O–H groups in total. The van der Waals surface area contributed by atoms with Crippen LogP contribution in [0.1, 0.15) is 17.3 Å². The summed E-state index contributed by atoms with van der Waals surface area (Å²) in [6, 6.07) is 72.0. The third-order valence-corrected chi connectivity index (χ3v) is 16.7. The molecule has 1 aliphatic heterocycles. The van der Waals surface area contributed by atoms with Crippen molar-refractivity contribution in [3.05, 3.63) is 230 Å². The Morgan fingerprint density at radius 3 is 1.85 bits per heavy atom. The van der Waals surface area contributed by atoms with Crippen molar-refractivity contribution >= 4 is 67.7 Å². The maximum absolute atomic E-state index is 17.1. The molecule has 0 radical (unpaired) electrons. The Labute approximate surface area is 343 Å². The van der Waals surface area contributed by atoms with Crippen LogP contribution in [0.4, 0.5) is 21.5 Å². The highest BCUT2D eigenvalue weighted by Gasteiger charge is 2.50. The highest BCUT2D eigenvalue weighted by molar-refractivity contribution is 7.22. The normalized spacial score (nSPS) is 13.5. The van der Waals surface area contributed by atoms with Crippen molar-refractivity contribution in [2.24, 2.45) is 0 Å². The fourth-order valence-corrected chi connectivity index (χ4v) is 14.7. The number of aromatic nitrogens is 3. The van der Waals surface area contributed by atoms with E-state index in [0.29, 0.717) is 11.1 Å². The van der Waals surface area contributed by atoms with Gasteiger partial charge in [0.15, 0.2) is 14.2 Å². The van der Waals surface area contributed by atoms with Gasteiger partial charge in [-0.2, -0.15) is 0 Å². The number of alkyl halides is 1. The van der Waals surface area contributed by atoms with Crippen LogP contribution in [0.25, 0.3) is 38.9 Å². The highest BCUT2D eigenvalue weighted by atomic mass is 28.3. The molecular weight excluding hydrogens is 740 g/mol. The van der Waals surface area contributed by atoms with Crippen LogP contribution in [-0.4, -0.2) is 22.6 Å². The Bertz CT molecular complexity index is 3080. The molecule has 0 fully saturated rings. The molecule has 7 aromatic carbocycles. The van der Waals surface area contributed by atoms with Crippen LogP contribution in [0, 0.1) is 0 Å². The average molecular weight is 777 g/mol. The zero-order valence-corrected chi connectivity index (χ0v) is 33.0. The summed E-state index contributed by atoms with van der Waals surface area (Å²) >= 11 is 0. The van der Waals surface area contributed by atoms with Gasteiger partial charge in [-0.05, 0) is 87.4 Å². The lowest BCUT2D eigenvalue weighted by Crippen LogP contribution is -2.77. The molecule has 1 unspecified atom stereocenters. The van der Waals surface area contributed by atoms with Gasteiger partial charge in [0.2, 0.25) is 0 Å². The van der Waals surface area contributed by atoms with Gasteiger partial charge in [0.1, 0.15) is 5.82 Å². The van der Waals surface area contributed by atoms with Crippen molar-refractivity contribution in [1.29, 1.82) is 0 Å². The Hall–Kier alpha value is -7.41. The molecule has 4 heterocycles. The van der Waals surface area contributed by atoms with Gasteiger partial charge in [0.25, 0.3) is 0 Å². The predicted octanol–water partition coefficient (Wildman–Crippen LogP) is 10.5. The Morgan fingerprint density at radius 1 is 0.492 bits per heavy atom. The summed E-state index contributed by atoms with van der Waals surface area (Å²) in [5, 5.41) is 7.28. The Kier molecular flexibility index (Phi) is 8.38. The van der Waals surface area contributed by atoms with Gasteiger partial charge in [-0.25, -0.2) is 9.37 Å². The fraction of sp³-hybridized carbons (Fsp3) is 0.0189. The van der Waals surface area contributed by atoms with Gasteiger partial charge in [-0.15, -0.1) is 0 Å². The molecule has 11 rings (SSSR count). The van der Waals surface area contributed by atoms with Gasteiger partial charge in [0, 0.05) is 51.0 Å². The smallest absolute Gasteiger partial charge is 0.186 e. The largest absolute Gasteiger partial charge is 0.311 e. The molecule has 6 heteroatoms. The first kappa shape index (κ1) is 34.8. The number of rotatable bonds is 7. The zero-order chi connectivity index (χ0) is 39.3. The van der Waals surface area contributed by atoms with Crippen molar-refractivity contribution in [3.63, 3.8) is 0 Å². The molecular formula is C53H37FN4Si. The van der Waals surface area contributed by atoms with Gasteiger partial charge in [0.05, 0.1) is 16.7 Å². The standard InChI is InChI=1S/C53H37FN4Si/c54-51(38-18-16-17-37(35-38)45-25-12-14-33-55-45)39-29-30-43-44-31-32-47-53(52(44)58(48(43)36-39)50-28-13-15-34-56-50)59(41-21-6-2-7-22-41,42-23-8-3-9-24-42)49-27-11-10-26-46(49)57(47)40-19-4-1-5-20-40/h1-36,51H. The van der Waals surface area contributed by atoms with Crippen molar-refractivity contribution in [1.82, 2.24) is 14.5 Å². The fourth-order valence-electron chi connectivity index (χ4n) is 9.38. The van der Waals surface area contributed by atoms with Crippen LogP contribution in [-0.2, 0) is 0 Å². The molecule has 280 valence electrons. The van der Waals surface area contributed by atoms with E-state index in [2.05, 4.69) is 154 Å². The third kappa shape index (κ3) is 5.48. The van der Waals surface area contributed by atoms with E-state index in [9.17, 15) is 0 Å². The second-order valence-corrected chi connectivity index (χ2v) is 18.7.